The van der Waals surface area contributed by atoms with Gasteiger partial charge in [-0.3, -0.25) is 14.4 Å². The molecule has 0 radical (unpaired) electrons. The molecule has 492 valence electrons. The third kappa shape index (κ3) is 70.8. The normalized spacial score (nSPS) is 12.0. The lowest BCUT2D eigenvalue weighted by Crippen LogP contribution is -2.30. The van der Waals surface area contributed by atoms with Crippen LogP contribution < -0.4 is 0 Å². The topological polar surface area (TPSA) is 78.9 Å². The van der Waals surface area contributed by atoms with Crippen molar-refractivity contribution in [3.63, 3.8) is 0 Å². The van der Waals surface area contributed by atoms with Gasteiger partial charge in [0, 0.05) is 19.3 Å². The lowest BCUT2D eigenvalue weighted by atomic mass is 10.0. The first kappa shape index (κ1) is 81.2. The van der Waals surface area contributed by atoms with Crippen LogP contribution in [0.15, 0.2) is 12.2 Å². The Bertz CT molecular complexity index is 1300. The van der Waals surface area contributed by atoms with E-state index in [4.69, 9.17) is 14.2 Å². The second-order valence-corrected chi connectivity index (χ2v) is 26.3. The number of allylic oxidation sites excluding steroid dienone is 2. The quantitative estimate of drug-likeness (QED) is 0.0261. The lowest BCUT2D eigenvalue weighted by Gasteiger charge is -2.18. The number of ether oxygens (including phenoxy) is 3. The van der Waals surface area contributed by atoms with Gasteiger partial charge in [-0.05, 0) is 44.9 Å². The molecule has 0 aromatic heterocycles. The summed E-state index contributed by atoms with van der Waals surface area (Å²) in [5.41, 5.74) is 0. The second kappa shape index (κ2) is 72.6. The third-order valence-electron chi connectivity index (χ3n) is 17.8. The average molecular weight is 1170 g/mol. The van der Waals surface area contributed by atoms with Crippen LogP contribution in [0.25, 0.3) is 0 Å². The van der Waals surface area contributed by atoms with Gasteiger partial charge in [-0.2, -0.15) is 0 Å². The summed E-state index contributed by atoms with van der Waals surface area (Å²) in [6.45, 7) is 6.70. The molecule has 0 rings (SSSR count). The van der Waals surface area contributed by atoms with Crippen LogP contribution in [0.1, 0.15) is 445 Å². The number of carbonyl (C=O) groups is 3. The molecule has 0 aliphatic carbocycles. The van der Waals surface area contributed by atoms with Gasteiger partial charge in [0.1, 0.15) is 13.2 Å². The first-order chi connectivity index (χ1) is 41.0. The molecule has 0 spiro atoms. The maximum atomic E-state index is 12.9. The Morgan fingerprint density at radius 2 is 0.398 bits per heavy atom. The highest BCUT2D eigenvalue weighted by Crippen LogP contribution is 2.20. The summed E-state index contributed by atoms with van der Waals surface area (Å²) in [6.07, 6.45) is 88.7. The smallest absolute Gasteiger partial charge is 0.306 e. The minimum atomic E-state index is -0.764. The number of hydrogen-bond acceptors (Lipinski definition) is 6. The number of hydrogen-bond donors (Lipinski definition) is 0. The number of esters is 3. The van der Waals surface area contributed by atoms with Gasteiger partial charge in [0.2, 0.25) is 0 Å². The van der Waals surface area contributed by atoms with Gasteiger partial charge in [-0.15, -0.1) is 0 Å². The zero-order valence-corrected chi connectivity index (χ0v) is 56.8. The summed E-state index contributed by atoms with van der Waals surface area (Å²) in [7, 11) is 0. The molecule has 0 aliphatic heterocycles. The molecule has 1 atom stereocenters. The van der Waals surface area contributed by atoms with Gasteiger partial charge >= 0.3 is 17.9 Å². The molecule has 0 aromatic rings. The van der Waals surface area contributed by atoms with E-state index in [9.17, 15) is 14.4 Å². The fraction of sp³-hybridized carbons (Fsp3) is 0.935. The predicted molar refractivity (Wildman–Crippen MR) is 363 cm³/mol. The van der Waals surface area contributed by atoms with Crippen molar-refractivity contribution in [2.75, 3.05) is 13.2 Å². The van der Waals surface area contributed by atoms with E-state index >= 15 is 0 Å². The first-order valence-corrected chi connectivity index (χ1v) is 38.2. The van der Waals surface area contributed by atoms with Crippen molar-refractivity contribution < 1.29 is 28.6 Å². The standard InChI is InChI=1S/C77H148O6/c1-4-7-10-13-16-19-21-23-25-27-29-31-33-35-37-38-39-40-41-43-44-46-48-50-52-54-56-58-61-64-67-70-76(79)82-73-74(72-81-75(78)69-66-63-60-18-15-12-9-6-3)83-77(80)71-68-65-62-59-57-55-53-51-49-47-45-42-36-34-32-30-28-26-24-22-20-17-14-11-8-5-2/h27,29,74H,4-26,28,30-73H2,1-3H3/b29-27-. The average Bonchev–Trinajstić information content (AvgIpc) is 3.49. The molecule has 1 unspecified atom stereocenters. The molecule has 6 nitrogen and oxygen atoms in total. The van der Waals surface area contributed by atoms with Gasteiger partial charge in [0.25, 0.3) is 0 Å². The highest BCUT2D eigenvalue weighted by atomic mass is 16.6. The third-order valence-corrected chi connectivity index (χ3v) is 17.8. The van der Waals surface area contributed by atoms with E-state index in [-0.39, 0.29) is 31.1 Å². The van der Waals surface area contributed by atoms with Crippen LogP contribution in [0.2, 0.25) is 0 Å². The van der Waals surface area contributed by atoms with E-state index in [1.165, 1.54) is 347 Å². The molecule has 6 heteroatoms. The maximum absolute atomic E-state index is 12.9. The first-order valence-electron chi connectivity index (χ1n) is 38.2. The molecule has 0 heterocycles. The molecule has 0 N–H and O–H groups in total. The van der Waals surface area contributed by atoms with Gasteiger partial charge in [0.15, 0.2) is 6.10 Å². The van der Waals surface area contributed by atoms with E-state index in [2.05, 4.69) is 32.9 Å². The number of carbonyl (C=O) groups excluding carboxylic acids is 3. The van der Waals surface area contributed by atoms with Crippen molar-refractivity contribution in [3.05, 3.63) is 12.2 Å². The Labute approximate surface area is 520 Å². The van der Waals surface area contributed by atoms with Crippen LogP contribution in [0.5, 0.6) is 0 Å². The van der Waals surface area contributed by atoms with Crippen molar-refractivity contribution in [1.82, 2.24) is 0 Å². The molecule has 0 aromatic carbocycles. The molecule has 83 heavy (non-hydrogen) atoms. The predicted octanol–water partition coefficient (Wildman–Crippen LogP) is 26.3. The monoisotopic (exact) mass is 1170 g/mol. The molecule has 0 bridgehead atoms. The molecule has 0 fully saturated rings. The summed E-state index contributed by atoms with van der Waals surface area (Å²) < 4.78 is 17.0. The Hall–Kier alpha value is -1.85. The maximum Gasteiger partial charge on any atom is 0.306 e. The molecule has 0 saturated heterocycles. The zero-order chi connectivity index (χ0) is 59.9. The van der Waals surface area contributed by atoms with Crippen LogP contribution >= 0.6 is 0 Å². The molecule has 0 aliphatic rings. The van der Waals surface area contributed by atoms with Crippen LogP contribution in [-0.2, 0) is 28.6 Å². The Morgan fingerprint density at radius 1 is 0.229 bits per heavy atom. The van der Waals surface area contributed by atoms with Gasteiger partial charge < -0.3 is 14.2 Å². The van der Waals surface area contributed by atoms with E-state index in [0.717, 1.165) is 57.8 Å². The largest absolute Gasteiger partial charge is 0.462 e. The zero-order valence-electron chi connectivity index (χ0n) is 56.8. The van der Waals surface area contributed by atoms with Crippen LogP contribution in [0, 0.1) is 0 Å². The van der Waals surface area contributed by atoms with Crippen molar-refractivity contribution >= 4 is 17.9 Å². The fourth-order valence-electron chi connectivity index (χ4n) is 12.0. The van der Waals surface area contributed by atoms with Crippen molar-refractivity contribution in [3.8, 4) is 0 Å². The van der Waals surface area contributed by atoms with E-state index in [1.807, 2.05) is 0 Å². The van der Waals surface area contributed by atoms with Crippen LogP contribution in [0.3, 0.4) is 0 Å². The Balaban J connectivity index is 3.99. The molecular formula is C77H148O6. The van der Waals surface area contributed by atoms with Crippen LogP contribution in [0.4, 0.5) is 0 Å². The van der Waals surface area contributed by atoms with Crippen LogP contribution in [-0.4, -0.2) is 37.2 Å². The Morgan fingerprint density at radius 3 is 0.602 bits per heavy atom. The minimum Gasteiger partial charge on any atom is -0.462 e. The van der Waals surface area contributed by atoms with E-state index < -0.39 is 6.10 Å². The molecule has 0 amide bonds. The SMILES string of the molecule is CCCCCCCCCC/C=C\CCCCCCCCCCCCCCCCCCCCCC(=O)OCC(COC(=O)CCCCCCCCCC)OC(=O)CCCCCCCCCCCCCCCCCCCCCCCCCCCC. The Kier molecular flexibility index (Phi) is 71.0. The van der Waals surface area contributed by atoms with Gasteiger partial charge in [0.05, 0.1) is 0 Å². The highest BCUT2D eigenvalue weighted by Gasteiger charge is 2.20. The van der Waals surface area contributed by atoms with E-state index in [1.54, 1.807) is 0 Å². The summed E-state index contributed by atoms with van der Waals surface area (Å²) in [5.74, 6) is -0.830. The number of rotatable bonds is 72. The van der Waals surface area contributed by atoms with Crippen molar-refractivity contribution in [2.24, 2.45) is 0 Å². The number of unbranched alkanes of at least 4 members (excludes halogenated alkanes) is 59. The molecule has 0 saturated carbocycles. The van der Waals surface area contributed by atoms with E-state index in [0.29, 0.717) is 19.3 Å². The summed E-state index contributed by atoms with van der Waals surface area (Å²) in [5, 5.41) is 0. The summed E-state index contributed by atoms with van der Waals surface area (Å²) in [4.78, 5) is 38.3. The van der Waals surface area contributed by atoms with Crippen molar-refractivity contribution in [2.45, 2.75) is 451 Å². The fourth-order valence-corrected chi connectivity index (χ4v) is 12.0. The lowest BCUT2D eigenvalue weighted by molar-refractivity contribution is -0.167. The molecular weight excluding hydrogens is 1020 g/mol. The summed E-state index contributed by atoms with van der Waals surface area (Å²) in [6, 6.07) is 0. The highest BCUT2D eigenvalue weighted by molar-refractivity contribution is 5.71. The van der Waals surface area contributed by atoms with Crippen molar-refractivity contribution in [1.29, 1.82) is 0 Å². The van der Waals surface area contributed by atoms with Gasteiger partial charge in [-0.25, -0.2) is 0 Å². The van der Waals surface area contributed by atoms with Gasteiger partial charge in [-0.1, -0.05) is 392 Å². The summed E-state index contributed by atoms with van der Waals surface area (Å²) >= 11 is 0. The minimum absolute atomic E-state index is 0.0623. The second-order valence-electron chi connectivity index (χ2n) is 26.3.